The maximum Gasteiger partial charge on any atom is 0.216 e. The van der Waals surface area contributed by atoms with Crippen molar-refractivity contribution >= 4 is 27.2 Å². The number of rotatable bonds is 6. The molecule has 0 aliphatic heterocycles. The van der Waals surface area contributed by atoms with Gasteiger partial charge < -0.3 is 5.73 Å². The van der Waals surface area contributed by atoms with Crippen molar-refractivity contribution in [3.8, 4) is 0 Å². The number of nitrogens with two attached hydrogens (primary N) is 1. The van der Waals surface area contributed by atoms with Crippen molar-refractivity contribution < 1.29 is 8.42 Å². The first-order valence-corrected chi connectivity index (χ1v) is 8.36. The third-order valence-corrected chi connectivity index (χ3v) is 4.98. The van der Waals surface area contributed by atoms with Gasteiger partial charge in [0, 0.05) is 11.6 Å². The van der Waals surface area contributed by atoms with Crippen LogP contribution in [-0.2, 0) is 15.8 Å². The number of benzene rings is 1. The van der Waals surface area contributed by atoms with Crippen molar-refractivity contribution in [2.75, 3.05) is 0 Å². The molecule has 0 heterocycles. The molecular weight excluding hydrogens is 280 g/mol. The van der Waals surface area contributed by atoms with Gasteiger partial charge in [0.2, 0.25) is 10.0 Å². The zero-order valence-corrected chi connectivity index (χ0v) is 12.4. The second-order valence-electron chi connectivity index (χ2n) is 4.91. The summed E-state index contributed by atoms with van der Waals surface area (Å²) < 4.78 is 26.9. The number of nitrogens with one attached hydrogen (secondary N) is 1. The Kier molecular flexibility index (Phi) is 4.23. The Bertz CT molecular complexity index is 584. The fourth-order valence-electron chi connectivity index (χ4n) is 2.21. The Labute approximate surface area is 119 Å². The van der Waals surface area contributed by atoms with Crippen LogP contribution in [0.2, 0.25) is 0 Å². The summed E-state index contributed by atoms with van der Waals surface area (Å²) in [6, 6.07) is 7.19. The minimum Gasteiger partial charge on any atom is -0.389 e. The first-order valence-electron chi connectivity index (χ1n) is 6.30. The molecule has 2 atom stereocenters. The predicted molar refractivity (Wildman–Crippen MR) is 80.3 cm³/mol. The SMILES string of the molecule is CCC1CC1NS(=O)(=O)Cc1ccccc1C(N)=S. The average Bonchev–Trinajstić information content (AvgIpc) is 3.06. The van der Waals surface area contributed by atoms with Gasteiger partial charge in [0.1, 0.15) is 4.99 Å². The molecular formula is C13H18N2O2S2. The monoisotopic (exact) mass is 298 g/mol. The Morgan fingerprint density at radius 3 is 2.74 bits per heavy atom. The molecule has 0 spiro atoms. The lowest BCUT2D eigenvalue weighted by atomic mass is 10.1. The van der Waals surface area contributed by atoms with Crippen LogP contribution in [0.4, 0.5) is 0 Å². The Morgan fingerprint density at radius 1 is 1.47 bits per heavy atom. The molecule has 0 saturated heterocycles. The minimum absolute atomic E-state index is 0.0759. The maximum absolute atomic E-state index is 12.1. The highest BCUT2D eigenvalue weighted by Crippen LogP contribution is 2.34. The molecule has 1 aliphatic rings. The van der Waals surface area contributed by atoms with Crippen LogP contribution < -0.4 is 10.5 Å². The van der Waals surface area contributed by atoms with Gasteiger partial charge in [-0.05, 0) is 17.9 Å². The van der Waals surface area contributed by atoms with E-state index in [1.807, 2.05) is 0 Å². The molecule has 1 saturated carbocycles. The van der Waals surface area contributed by atoms with Crippen molar-refractivity contribution in [1.82, 2.24) is 4.72 Å². The van der Waals surface area contributed by atoms with Gasteiger partial charge in [-0.1, -0.05) is 49.8 Å². The van der Waals surface area contributed by atoms with Crippen LogP contribution in [0.5, 0.6) is 0 Å². The molecule has 2 rings (SSSR count). The van der Waals surface area contributed by atoms with Crippen LogP contribution in [0.1, 0.15) is 30.9 Å². The molecule has 2 unspecified atom stereocenters. The zero-order valence-electron chi connectivity index (χ0n) is 10.8. The summed E-state index contributed by atoms with van der Waals surface area (Å²) in [6.07, 6.45) is 1.95. The van der Waals surface area contributed by atoms with Crippen molar-refractivity contribution in [2.45, 2.75) is 31.6 Å². The predicted octanol–water partition coefficient (Wildman–Crippen LogP) is 1.54. The highest BCUT2D eigenvalue weighted by Gasteiger charge is 2.38. The van der Waals surface area contributed by atoms with Crippen LogP contribution in [0.25, 0.3) is 0 Å². The molecule has 0 bridgehead atoms. The molecule has 6 heteroatoms. The standard InChI is InChI=1S/C13H18N2O2S2/c1-2-9-7-12(9)15-19(16,17)8-10-5-3-4-6-11(10)13(14)18/h3-6,9,12,15H,2,7-8H2,1H3,(H2,14,18). The van der Waals surface area contributed by atoms with Gasteiger partial charge in [-0.3, -0.25) is 0 Å². The van der Waals surface area contributed by atoms with Gasteiger partial charge in [-0.2, -0.15) is 0 Å². The fraction of sp³-hybridized carbons (Fsp3) is 0.462. The molecule has 4 nitrogen and oxygen atoms in total. The molecule has 19 heavy (non-hydrogen) atoms. The maximum atomic E-state index is 12.1. The molecule has 1 aromatic rings. The van der Waals surface area contributed by atoms with Crippen molar-refractivity contribution in [3.05, 3.63) is 35.4 Å². The summed E-state index contributed by atoms with van der Waals surface area (Å²) in [4.78, 5) is 0.226. The lowest BCUT2D eigenvalue weighted by Crippen LogP contribution is -2.29. The number of sulfonamides is 1. The van der Waals surface area contributed by atoms with Crippen molar-refractivity contribution in [2.24, 2.45) is 11.7 Å². The normalized spacial score (nSPS) is 22.2. The van der Waals surface area contributed by atoms with E-state index >= 15 is 0 Å². The molecule has 104 valence electrons. The highest BCUT2D eigenvalue weighted by molar-refractivity contribution is 7.88. The lowest BCUT2D eigenvalue weighted by molar-refractivity contribution is 0.575. The lowest BCUT2D eigenvalue weighted by Gasteiger charge is -2.10. The summed E-state index contributed by atoms with van der Waals surface area (Å²) in [5.74, 6) is 0.411. The van der Waals surface area contributed by atoms with Crippen LogP contribution in [0.3, 0.4) is 0 Å². The molecule has 3 N–H and O–H groups in total. The van der Waals surface area contributed by atoms with Crippen LogP contribution in [0.15, 0.2) is 24.3 Å². The van der Waals surface area contributed by atoms with E-state index in [9.17, 15) is 8.42 Å². The second-order valence-corrected chi connectivity index (χ2v) is 7.10. The second kappa shape index (κ2) is 5.56. The smallest absolute Gasteiger partial charge is 0.216 e. The van der Waals surface area contributed by atoms with E-state index in [1.165, 1.54) is 0 Å². The van der Waals surface area contributed by atoms with Crippen LogP contribution >= 0.6 is 12.2 Å². The van der Waals surface area contributed by atoms with E-state index in [4.69, 9.17) is 18.0 Å². The third-order valence-electron chi connectivity index (χ3n) is 3.41. The van der Waals surface area contributed by atoms with Gasteiger partial charge in [0.15, 0.2) is 0 Å². The van der Waals surface area contributed by atoms with E-state index in [-0.39, 0.29) is 16.8 Å². The van der Waals surface area contributed by atoms with Gasteiger partial charge in [0.05, 0.1) is 5.75 Å². The van der Waals surface area contributed by atoms with E-state index < -0.39 is 10.0 Å². The van der Waals surface area contributed by atoms with Crippen molar-refractivity contribution in [1.29, 1.82) is 0 Å². The van der Waals surface area contributed by atoms with Gasteiger partial charge in [-0.25, -0.2) is 13.1 Å². The Morgan fingerprint density at radius 2 is 2.16 bits per heavy atom. The van der Waals surface area contributed by atoms with E-state index in [1.54, 1.807) is 24.3 Å². The van der Waals surface area contributed by atoms with Crippen LogP contribution in [0, 0.1) is 5.92 Å². The molecule has 0 radical (unpaired) electrons. The summed E-state index contributed by atoms with van der Waals surface area (Å²) >= 11 is 4.94. The third kappa shape index (κ3) is 3.75. The first-order chi connectivity index (χ1) is 8.93. The molecule has 1 fully saturated rings. The molecule has 1 aliphatic carbocycles. The van der Waals surface area contributed by atoms with E-state index in [0.29, 0.717) is 17.0 Å². The molecule has 0 aromatic heterocycles. The summed E-state index contributed by atoms with van der Waals surface area (Å²) in [5, 5.41) is 0. The summed E-state index contributed by atoms with van der Waals surface area (Å²) in [6.45, 7) is 2.07. The largest absolute Gasteiger partial charge is 0.389 e. The van der Waals surface area contributed by atoms with Crippen LogP contribution in [-0.4, -0.2) is 19.4 Å². The zero-order chi connectivity index (χ0) is 14.0. The average molecular weight is 298 g/mol. The van der Waals surface area contributed by atoms with Crippen molar-refractivity contribution in [3.63, 3.8) is 0 Å². The molecule has 0 amide bonds. The number of thiocarbonyl (C=S) groups is 1. The van der Waals surface area contributed by atoms with E-state index in [0.717, 1.165) is 12.8 Å². The quantitative estimate of drug-likeness (QED) is 0.781. The Hall–Kier alpha value is -0.980. The van der Waals surface area contributed by atoms with Gasteiger partial charge >= 0.3 is 0 Å². The number of hydrogen-bond donors (Lipinski definition) is 2. The van der Waals surface area contributed by atoms with E-state index in [2.05, 4.69) is 11.6 Å². The first kappa shape index (κ1) is 14.4. The summed E-state index contributed by atoms with van der Waals surface area (Å²) in [7, 11) is -3.34. The summed E-state index contributed by atoms with van der Waals surface area (Å²) in [5.41, 5.74) is 6.89. The van der Waals surface area contributed by atoms with Gasteiger partial charge in [0.25, 0.3) is 0 Å². The topological polar surface area (TPSA) is 72.2 Å². The number of hydrogen-bond acceptors (Lipinski definition) is 3. The highest BCUT2D eigenvalue weighted by atomic mass is 32.2. The fourth-order valence-corrected chi connectivity index (χ4v) is 3.90. The minimum atomic E-state index is -3.34. The molecule has 1 aromatic carbocycles. The van der Waals surface area contributed by atoms with Gasteiger partial charge in [-0.15, -0.1) is 0 Å². The Balaban J connectivity index is 2.10.